The molecule has 0 atom stereocenters. The number of hydrogen-bond acceptors (Lipinski definition) is 6. The number of aryl methyl sites for hydroxylation is 2. The smallest absolute Gasteiger partial charge is 0.305 e. The van der Waals surface area contributed by atoms with Crippen molar-refractivity contribution in [1.29, 1.82) is 0 Å². The van der Waals surface area contributed by atoms with Crippen LogP contribution in [0.1, 0.15) is 33.0 Å². The number of para-hydroxylation sites is 1. The van der Waals surface area contributed by atoms with Gasteiger partial charge in [0.25, 0.3) is 5.56 Å². The third kappa shape index (κ3) is 3.48. The summed E-state index contributed by atoms with van der Waals surface area (Å²) in [6, 6.07) is 18.8. The first-order valence-electron chi connectivity index (χ1n) is 10.8. The molecule has 0 spiro atoms. The maximum absolute atomic E-state index is 13.5. The fourth-order valence-electron chi connectivity index (χ4n) is 4.31. The molecular weight excluding hydrogens is 436 g/mol. The van der Waals surface area contributed by atoms with Crippen LogP contribution in [0.15, 0.2) is 69.9 Å². The number of anilines is 1. The van der Waals surface area contributed by atoms with E-state index in [0.717, 1.165) is 41.3 Å². The van der Waals surface area contributed by atoms with Gasteiger partial charge in [-0.25, -0.2) is 4.98 Å². The Labute approximate surface area is 192 Å². The number of hydrogen-bond donors (Lipinski definition) is 2. The molecule has 2 N–H and O–H groups in total. The Kier molecular flexibility index (Phi) is 4.73. The average molecular weight is 457 g/mol. The zero-order valence-electron chi connectivity index (χ0n) is 17.6. The number of carbonyl (C=O) groups excluding carboxylic acids is 1. The molecule has 0 aliphatic heterocycles. The molecule has 5 aromatic rings. The van der Waals surface area contributed by atoms with E-state index >= 15 is 0 Å². The molecule has 164 valence electrons. The average Bonchev–Trinajstić information content (AvgIpc) is 3.55. The number of nitrogens with zero attached hydrogens (tertiary/aromatic N) is 2. The van der Waals surface area contributed by atoms with Gasteiger partial charge in [0.15, 0.2) is 5.76 Å². The first kappa shape index (κ1) is 19.8. The molecule has 8 heteroatoms. The molecule has 2 aromatic carbocycles. The summed E-state index contributed by atoms with van der Waals surface area (Å²) >= 11 is 1.54. The SMILES string of the molecule is O=C(NNc1nc2c3c(sc2c(=O)n1Cc1ccccc1)CCC3)c1cc2ccccc2o1. The molecule has 7 nitrogen and oxygen atoms in total. The van der Waals surface area contributed by atoms with E-state index in [2.05, 4.69) is 10.9 Å². The van der Waals surface area contributed by atoms with Crippen molar-refractivity contribution in [2.45, 2.75) is 25.8 Å². The summed E-state index contributed by atoms with van der Waals surface area (Å²) in [4.78, 5) is 32.2. The van der Waals surface area contributed by atoms with E-state index in [1.54, 1.807) is 22.0 Å². The van der Waals surface area contributed by atoms with Crippen molar-refractivity contribution in [3.05, 3.63) is 92.8 Å². The monoisotopic (exact) mass is 456 g/mol. The lowest BCUT2D eigenvalue weighted by molar-refractivity contribution is 0.0937. The second kappa shape index (κ2) is 7.90. The van der Waals surface area contributed by atoms with Crippen LogP contribution in [0.2, 0.25) is 0 Å². The van der Waals surface area contributed by atoms with E-state index < -0.39 is 5.91 Å². The van der Waals surface area contributed by atoms with E-state index in [4.69, 9.17) is 9.40 Å². The van der Waals surface area contributed by atoms with Crippen molar-refractivity contribution in [3.63, 3.8) is 0 Å². The van der Waals surface area contributed by atoms with Gasteiger partial charge in [-0.3, -0.25) is 25.0 Å². The third-order valence-corrected chi connectivity index (χ3v) is 7.20. The van der Waals surface area contributed by atoms with Crippen LogP contribution >= 0.6 is 11.3 Å². The molecular formula is C25H20N4O3S. The van der Waals surface area contributed by atoms with E-state index in [-0.39, 0.29) is 11.3 Å². The Morgan fingerprint density at radius 2 is 1.91 bits per heavy atom. The number of fused-ring (bicyclic) bond motifs is 4. The summed E-state index contributed by atoms with van der Waals surface area (Å²) in [7, 11) is 0. The normalized spacial score (nSPS) is 12.8. The maximum atomic E-state index is 13.5. The Morgan fingerprint density at radius 1 is 1.09 bits per heavy atom. The van der Waals surface area contributed by atoms with Gasteiger partial charge in [-0.05, 0) is 42.5 Å². The first-order valence-corrected chi connectivity index (χ1v) is 11.6. The summed E-state index contributed by atoms with van der Waals surface area (Å²) in [6.07, 6.45) is 2.99. The van der Waals surface area contributed by atoms with E-state index in [1.165, 1.54) is 4.88 Å². The molecule has 0 bridgehead atoms. The Morgan fingerprint density at radius 3 is 2.76 bits per heavy atom. The number of carbonyl (C=O) groups is 1. The largest absolute Gasteiger partial charge is 0.451 e. The highest BCUT2D eigenvalue weighted by atomic mass is 32.1. The lowest BCUT2D eigenvalue weighted by Crippen LogP contribution is -2.34. The predicted octanol–water partition coefficient (Wildman–Crippen LogP) is 4.50. The van der Waals surface area contributed by atoms with E-state index in [0.29, 0.717) is 22.8 Å². The summed E-state index contributed by atoms with van der Waals surface area (Å²) < 4.78 is 7.89. The third-order valence-electron chi connectivity index (χ3n) is 5.93. The van der Waals surface area contributed by atoms with E-state index in [9.17, 15) is 9.59 Å². The van der Waals surface area contributed by atoms with Gasteiger partial charge >= 0.3 is 5.91 Å². The second-order valence-corrected chi connectivity index (χ2v) is 9.18. The van der Waals surface area contributed by atoms with Crippen molar-refractivity contribution in [2.75, 3.05) is 5.43 Å². The number of hydrazine groups is 1. The highest BCUT2D eigenvalue weighted by molar-refractivity contribution is 7.19. The molecule has 0 unspecified atom stereocenters. The Balaban J connectivity index is 1.37. The van der Waals surface area contributed by atoms with Crippen LogP contribution in [0.5, 0.6) is 0 Å². The zero-order chi connectivity index (χ0) is 22.4. The number of aromatic nitrogens is 2. The fraction of sp³-hybridized carbons (Fsp3) is 0.160. The molecule has 0 fully saturated rings. The first-order chi connectivity index (χ1) is 16.2. The van der Waals surface area contributed by atoms with Crippen LogP contribution < -0.4 is 16.4 Å². The Hall–Kier alpha value is -3.91. The lowest BCUT2D eigenvalue weighted by atomic mass is 10.2. The fourth-order valence-corrected chi connectivity index (χ4v) is 5.59. The molecule has 1 aliphatic rings. The van der Waals surface area contributed by atoms with Crippen molar-refractivity contribution < 1.29 is 9.21 Å². The van der Waals surface area contributed by atoms with Gasteiger partial charge in [0, 0.05) is 10.3 Å². The van der Waals surface area contributed by atoms with Gasteiger partial charge < -0.3 is 4.42 Å². The summed E-state index contributed by atoms with van der Waals surface area (Å²) in [5, 5.41) is 0.844. The number of rotatable bonds is 5. The van der Waals surface area contributed by atoms with Crippen molar-refractivity contribution in [1.82, 2.24) is 15.0 Å². The highest BCUT2D eigenvalue weighted by Gasteiger charge is 2.23. The zero-order valence-corrected chi connectivity index (χ0v) is 18.4. The minimum Gasteiger partial charge on any atom is -0.451 e. The van der Waals surface area contributed by atoms with Crippen molar-refractivity contribution >= 4 is 44.4 Å². The minimum absolute atomic E-state index is 0.108. The number of benzene rings is 2. The van der Waals surface area contributed by atoms with Crippen LogP contribution in [0, 0.1) is 0 Å². The molecule has 0 saturated heterocycles. The van der Waals surface area contributed by atoms with Crippen LogP contribution in [-0.4, -0.2) is 15.5 Å². The van der Waals surface area contributed by atoms with Gasteiger partial charge in [0.2, 0.25) is 5.95 Å². The highest BCUT2D eigenvalue weighted by Crippen LogP contribution is 2.35. The van der Waals surface area contributed by atoms with Crippen LogP contribution in [-0.2, 0) is 19.4 Å². The van der Waals surface area contributed by atoms with Crippen LogP contribution in [0.4, 0.5) is 5.95 Å². The second-order valence-electron chi connectivity index (χ2n) is 8.07. The number of furan rings is 1. The Bertz CT molecular complexity index is 1530. The molecule has 1 amide bonds. The molecule has 0 radical (unpaired) electrons. The van der Waals surface area contributed by atoms with Crippen LogP contribution in [0.25, 0.3) is 21.2 Å². The van der Waals surface area contributed by atoms with Crippen molar-refractivity contribution in [2.24, 2.45) is 0 Å². The molecule has 33 heavy (non-hydrogen) atoms. The number of thiophene rings is 1. The minimum atomic E-state index is -0.442. The molecule has 6 rings (SSSR count). The summed E-state index contributed by atoms with van der Waals surface area (Å²) in [6.45, 7) is 0.341. The summed E-state index contributed by atoms with van der Waals surface area (Å²) in [5.41, 5.74) is 8.93. The number of amides is 1. The van der Waals surface area contributed by atoms with Gasteiger partial charge in [-0.15, -0.1) is 11.3 Å². The molecule has 1 aliphatic carbocycles. The molecule has 3 heterocycles. The number of nitrogens with one attached hydrogen (secondary N) is 2. The van der Waals surface area contributed by atoms with Gasteiger partial charge in [0.1, 0.15) is 10.3 Å². The maximum Gasteiger partial charge on any atom is 0.305 e. The van der Waals surface area contributed by atoms with Gasteiger partial charge in [-0.2, -0.15) is 0 Å². The summed E-state index contributed by atoms with van der Waals surface area (Å²) in [5.74, 6) is 0.0360. The lowest BCUT2D eigenvalue weighted by Gasteiger charge is -2.14. The molecule has 3 aromatic heterocycles. The topological polar surface area (TPSA) is 89.2 Å². The standard InChI is InChI=1S/C25H20N4O3S/c30-23(19-13-16-9-4-5-11-18(16)32-19)27-28-25-26-21-17-10-6-12-20(17)33-22(21)24(31)29(25)14-15-7-2-1-3-8-15/h1-5,7-9,11,13H,6,10,12,14H2,(H,26,28)(H,27,30). The van der Waals surface area contributed by atoms with E-state index in [1.807, 2.05) is 54.6 Å². The predicted molar refractivity (Wildman–Crippen MR) is 129 cm³/mol. The van der Waals surface area contributed by atoms with Gasteiger partial charge in [0.05, 0.1) is 12.1 Å². The van der Waals surface area contributed by atoms with Crippen molar-refractivity contribution in [3.8, 4) is 0 Å². The quantitative estimate of drug-likeness (QED) is 0.380. The molecule has 0 saturated carbocycles. The van der Waals surface area contributed by atoms with Crippen LogP contribution in [0.3, 0.4) is 0 Å². The van der Waals surface area contributed by atoms with Gasteiger partial charge in [-0.1, -0.05) is 48.5 Å².